The monoisotopic (exact) mass is 593 g/mol. The summed E-state index contributed by atoms with van der Waals surface area (Å²) in [6, 6.07) is 8.17. The van der Waals surface area contributed by atoms with Crippen LogP contribution in [0.5, 0.6) is 0 Å². The molecule has 1 aromatic carbocycles. The Morgan fingerprint density at radius 1 is 1.02 bits per heavy atom. The Kier molecular flexibility index (Phi) is 8.01. The smallest absolute Gasteiger partial charge is 0.350 e. The van der Waals surface area contributed by atoms with Crippen molar-refractivity contribution in [3.63, 3.8) is 0 Å². The van der Waals surface area contributed by atoms with Crippen LogP contribution in [0.3, 0.4) is 0 Å². The molecule has 0 bridgehead atoms. The van der Waals surface area contributed by atoms with Gasteiger partial charge in [0.25, 0.3) is 10.1 Å². The van der Waals surface area contributed by atoms with Gasteiger partial charge >= 0.3 is 5.69 Å². The maximum atomic E-state index is 15.1. The van der Waals surface area contributed by atoms with E-state index < -0.39 is 27.4 Å². The van der Waals surface area contributed by atoms with E-state index in [1.807, 2.05) is 23.6 Å². The lowest BCUT2D eigenvalue weighted by Gasteiger charge is -2.35. The van der Waals surface area contributed by atoms with Crippen molar-refractivity contribution in [1.82, 2.24) is 29.3 Å². The zero-order chi connectivity index (χ0) is 30.0. The van der Waals surface area contributed by atoms with Crippen molar-refractivity contribution in [2.45, 2.75) is 26.3 Å². The summed E-state index contributed by atoms with van der Waals surface area (Å²) in [5.41, 5.74) is 1.66. The number of pyridine rings is 1. The van der Waals surface area contributed by atoms with Crippen LogP contribution in [0.2, 0.25) is 0 Å². The first-order valence-electron chi connectivity index (χ1n) is 13.2. The molecule has 0 unspecified atom stereocenters. The van der Waals surface area contributed by atoms with Crippen LogP contribution in [-0.4, -0.2) is 74.2 Å². The second-order valence-electron chi connectivity index (χ2n) is 10.1. The minimum absolute atomic E-state index is 0.0790. The third-order valence-corrected chi connectivity index (χ3v) is 7.63. The van der Waals surface area contributed by atoms with Gasteiger partial charge in [0.1, 0.15) is 24.0 Å². The summed E-state index contributed by atoms with van der Waals surface area (Å²) in [4.78, 5) is 29.7. The summed E-state index contributed by atoms with van der Waals surface area (Å²) < 4.78 is 48.4. The van der Waals surface area contributed by atoms with Crippen molar-refractivity contribution in [2.75, 3.05) is 41.7 Å². The number of anilines is 2. The second kappa shape index (κ2) is 11.7. The molecule has 1 N–H and O–H groups in total. The summed E-state index contributed by atoms with van der Waals surface area (Å²) in [5.74, 6) is 0.0178. The number of piperazine rings is 1. The highest BCUT2D eigenvalue weighted by molar-refractivity contribution is 7.85. The highest BCUT2D eigenvalue weighted by atomic mass is 32.2. The summed E-state index contributed by atoms with van der Waals surface area (Å²) in [7, 11) is -4.06. The summed E-state index contributed by atoms with van der Waals surface area (Å²) >= 11 is 0. The van der Waals surface area contributed by atoms with E-state index in [-0.39, 0.29) is 18.2 Å². The average Bonchev–Trinajstić information content (AvgIpc) is 3.37. The van der Waals surface area contributed by atoms with Crippen LogP contribution in [0.4, 0.5) is 16.2 Å². The van der Waals surface area contributed by atoms with Gasteiger partial charge in [-0.15, -0.1) is 0 Å². The fourth-order valence-corrected chi connectivity index (χ4v) is 5.17. The third-order valence-electron chi connectivity index (χ3n) is 6.91. The maximum Gasteiger partial charge on any atom is 0.350 e. The van der Waals surface area contributed by atoms with Crippen LogP contribution >= 0.6 is 0 Å². The highest BCUT2D eigenvalue weighted by Gasteiger charge is 2.23. The molecule has 4 heterocycles. The fraction of sp³-hybridized carbons (Fsp3) is 0.333. The van der Waals surface area contributed by atoms with Gasteiger partial charge in [0.2, 0.25) is 5.95 Å². The molecule has 218 valence electrons. The third kappa shape index (κ3) is 6.14. The van der Waals surface area contributed by atoms with Crippen molar-refractivity contribution in [3.05, 3.63) is 76.6 Å². The quantitative estimate of drug-likeness (QED) is 0.298. The number of nitriles is 1. The molecule has 0 saturated carbocycles. The molecule has 42 heavy (non-hydrogen) atoms. The molecular weight excluding hydrogens is 565 g/mol. The molecule has 15 heteroatoms. The van der Waals surface area contributed by atoms with Crippen LogP contribution in [-0.2, 0) is 16.5 Å². The topological polar surface area (TPSA) is 163 Å². The van der Waals surface area contributed by atoms with Crippen LogP contribution in [0, 0.1) is 17.1 Å². The molecule has 1 aliphatic heterocycles. The number of halogens is 1. The van der Waals surface area contributed by atoms with E-state index >= 15 is 4.39 Å². The van der Waals surface area contributed by atoms with E-state index in [1.54, 1.807) is 30.7 Å². The first-order chi connectivity index (χ1) is 20.0. The molecule has 1 saturated heterocycles. The zero-order valence-corrected chi connectivity index (χ0v) is 23.7. The number of benzene rings is 1. The Balaban J connectivity index is 1.28. The summed E-state index contributed by atoms with van der Waals surface area (Å²) in [5, 5.41) is 13.9. The lowest BCUT2D eigenvalue weighted by molar-refractivity contribution is 0.482. The van der Waals surface area contributed by atoms with Crippen LogP contribution in [0.25, 0.3) is 16.8 Å². The first kappa shape index (κ1) is 28.8. The predicted molar refractivity (Wildman–Crippen MR) is 153 cm³/mol. The standard InChI is InChI=1S/C27H28FN9O4S/c1-18(2)37-27(38)36(17-33-37)24-4-3-20(12-23(24)28)22-11-21(13-29)25(30-16-22)34-6-8-35(9-7-34)26-31-14-19(15-32-26)5-10-42(39,40)41/h3-4,11-12,14-18H,5-10H2,1-2H3,(H,39,40,41). The molecule has 0 amide bonds. The van der Waals surface area contributed by atoms with Gasteiger partial charge in [0.05, 0.1) is 23.0 Å². The van der Waals surface area contributed by atoms with Gasteiger partial charge in [-0.25, -0.2) is 33.4 Å². The zero-order valence-electron chi connectivity index (χ0n) is 22.9. The second-order valence-corrected chi connectivity index (χ2v) is 11.7. The Hall–Kier alpha value is -4.68. The van der Waals surface area contributed by atoms with Crippen LogP contribution in [0.1, 0.15) is 31.0 Å². The van der Waals surface area contributed by atoms with Crippen LogP contribution in [0.15, 0.2) is 54.0 Å². The van der Waals surface area contributed by atoms with Gasteiger partial charge in [-0.3, -0.25) is 4.55 Å². The molecule has 13 nitrogen and oxygen atoms in total. The van der Waals surface area contributed by atoms with Crippen molar-refractivity contribution in [1.29, 1.82) is 5.26 Å². The van der Waals surface area contributed by atoms with Gasteiger partial charge in [0.15, 0.2) is 0 Å². The fourth-order valence-electron chi connectivity index (χ4n) is 4.67. The Morgan fingerprint density at radius 2 is 1.71 bits per heavy atom. The normalized spacial score (nSPS) is 13.9. The molecule has 1 fully saturated rings. The van der Waals surface area contributed by atoms with E-state index in [9.17, 15) is 18.5 Å². The molecule has 0 spiro atoms. The maximum absolute atomic E-state index is 15.1. The predicted octanol–water partition coefficient (Wildman–Crippen LogP) is 2.23. The van der Waals surface area contributed by atoms with Crippen LogP contribution < -0.4 is 15.5 Å². The molecule has 0 atom stereocenters. The van der Waals surface area contributed by atoms with Gasteiger partial charge in [-0.1, -0.05) is 6.07 Å². The number of rotatable bonds is 8. The summed E-state index contributed by atoms with van der Waals surface area (Å²) in [6.45, 7) is 5.87. The van der Waals surface area contributed by atoms with E-state index in [0.717, 1.165) is 4.57 Å². The molecule has 1 aliphatic rings. The molecule has 4 aromatic rings. The Labute approximate surface area is 241 Å². The van der Waals surface area contributed by atoms with Gasteiger partial charge in [0, 0.05) is 50.3 Å². The highest BCUT2D eigenvalue weighted by Crippen LogP contribution is 2.28. The lowest BCUT2D eigenvalue weighted by atomic mass is 10.0. The number of aryl methyl sites for hydroxylation is 1. The van der Waals surface area contributed by atoms with Gasteiger partial charge in [-0.05, 0) is 49.6 Å². The number of nitrogens with zero attached hydrogens (tertiary/aromatic N) is 9. The lowest BCUT2D eigenvalue weighted by Crippen LogP contribution is -2.47. The SMILES string of the molecule is CC(C)n1ncn(-c2ccc(-c3cnc(N4CCN(c5ncc(CCS(=O)(=O)O)cn5)CC4)c(C#N)c3)cc2F)c1=O. The molecule has 0 aliphatic carbocycles. The van der Waals surface area contributed by atoms with Crippen molar-refractivity contribution < 1.29 is 17.4 Å². The Morgan fingerprint density at radius 3 is 2.31 bits per heavy atom. The molecule has 5 rings (SSSR count). The number of hydrogen-bond donors (Lipinski definition) is 1. The van der Waals surface area contributed by atoms with Gasteiger partial charge in [-0.2, -0.15) is 18.8 Å². The number of hydrogen-bond acceptors (Lipinski definition) is 10. The van der Waals surface area contributed by atoms with Crippen molar-refractivity contribution in [3.8, 4) is 22.9 Å². The largest absolute Gasteiger partial charge is 0.352 e. The number of aromatic nitrogens is 6. The summed E-state index contributed by atoms with van der Waals surface area (Å²) in [6.07, 6.45) is 6.08. The molecule has 3 aromatic heterocycles. The van der Waals surface area contributed by atoms with E-state index in [2.05, 4.69) is 26.1 Å². The molecular formula is C27H28FN9O4S. The van der Waals surface area contributed by atoms with E-state index in [0.29, 0.717) is 60.2 Å². The average molecular weight is 594 g/mol. The van der Waals surface area contributed by atoms with Gasteiger partial charge < -0.3 is 9.80 Å². The van der Waals surface area contributed by atoms with E-state index in [1.165, 1.54) is 23.1 Å². The molecule has 0 radical (unpaired) electrons. The minimum atomic E-state index is -4.06. The van der Waals surface area contributed by atoms with Crippen molar-refractivity contribution in [2.24, 2.45) is 0 Å². The minimum Gasteiger partial charge on any atom is -0.352 e. The van der Waals surface area contributed by atoms with E-state index in [4.69, 9.17) is 4.55 Å². The van der Waals surface area contributed by atoms with Crippen molar-refractivity contribution >= 4 is 21.9 Å². The Bertz CT molecular complexity index is 1810. The first-order valence-corrected chi connectivity index (χ1v) is 14.8.